The van der Waals surface area contributed by atoms with E-state index in [1.54, 1.807) is 67.3 Å². The molecule has 0 fully saturated rings. The Morgan fingerprint density at radius 2 is 1.14 bits per heavy atom. The summed E-state index contributed by atoms with van der Waals surface area (Å²) in [6.07, 6.45) is 6.44. The first-order valence-corrected chi connectivity index (χ1v) is 8.77. The van der Waals surface area contributed by atoms with Crippen LogP contribution in [0.1, 0.15) is 0 Å². The molecular formula is C16H11ClN2O2S. The predicted molar refractivity (Wildman–Crippen MR) is 85.9 cm³/mol. The molecule has 22 heavy (non-hydrogen) atoms. The van der Waals surface area contributed by atoms with E-state index in [4.69, 9.17) is 10.7 Å². The van der Waals surface area contributed by atoms with E-state index < -0.39 is 9.05 Å². The van der Waals surface area contributed by atoms with Crippen LogP contribution in [0.3, 0.4) is 0 Å². The normalized spacial score (nSPS) is 11.3. The van der Waals surface area contributed by atoms with Gasteiger partial charge in [0.25, 0.3) is 9.05 Å². The van der Waals surface area contributed by atoms with Crippen molar-refractivity contribution in [3.63, 3.8) is 0 Å². The van der Waals surface area contributed by atoms with Crippen LogP contribution in [0, 0.1) is 0 Å². The highest BCUT2D eigenvalue weighted by molar-refractivity contribution is 8.14. The van der Waals surface area contributed by atoms with Crippen LogP contribution in [0.15, 0.2) is 72.1 Å². The Hall–Kier alpha value is -2.24. The summed E-state index contributed by atoms with van der Waals surface area (Å²) < 4.78 is 24.3. The topological polar surface area (TPSA) is 59.9 Å². The molecule has 0 amide bonds. The summed E-state index contributed by atoms with van der Waals surface area (Å²) in [5.41, 5.74) is 2.58. The number of benzene rings is 1. The van der Waals surface area contributed by atoms with E-state index in [9.17, 15) is 8.42 Å². The largest absolute Gasteiger partial charge is 0.265 e. The highest BCUT2D eigenvalue weighted by Gasteiger charge is 2.22. The number of hydrogen-bond acceptors (Lipinski definition) is 4. The van der Waals surface area contributed by atoms with Crippen LogP contribution < -0.4 is 0 Å². The van der Waals surface area contributed by atoms with E-state index in [1.165, 1.54) is 0 Å². The van der Waals surface area contributed by atoms with Crippen molar-refractivity contribution in [3.8, 4) is 22.3 Å². The first-order chi connectivity index (χ1) is 10.6. The fourth-order valence-electron chi connectivity index (χ4n) is 2.32. The molecule has 1 aromatic carbocycles. The molecule has 0 N–H and O–H groups in total. The first kappa shape index (κ1) is 14.7. The summed E-state index contributed by atoms with van der Waals surface area (Å²) in [5, 5.41) is 0. The third-order valence-electron chi connectivity index (χ3n) is 3.24. The van der Waals surface area contributed by atoms with Gasteiger partial charge in [0, 0.05) is 46.6 Å². The van der Waals surface area contributed by atoms with Gasteiger partial charge >= 0.3 is 0 Å². The number of nitrogens with zero attached hydrogens (tertiary/aromatic N) is 2. The summed E-state index contributed by atoms with van der Waals surface area (Å²) >= 11 is 0. The summed E-state index contributed by atoms with van der Waals surface area (Å²) in [6, 6.07) is 12.3. The Kier molecular flexibility index (Phi) is 3.92. The van der Waals surface area contributed by atoms with Gasteiger partial charge in [-0.3, -0.25) is 9.97 Å². The maximum atomic E-state index is 12.2. The predicted octanol–water partition coefficient (Wildman–Crippen LogP) is 3.74. The van der Waals surface area contributed by atoms with E-state index in [2.05, 4.69) is 9.97 Å². The van der Waals surface area contributed by atoms with Crippen molar-refractivity contribution >= 4 is 19.7 Å². The van der Waals surface area contributed by atoms with Crippen LogP contribution in [-0.2, 0) is 9.05 Å². The van der Waals surface area contributed by atoms with Gasteiger partial charge in [-0.2, -0.15) is 0 Å². The second-order valence-corrected chi connectivity index (χ2v) is 7.09. The monoisotopic (exact) mass is 330 g/mol. The zero-order valence-electron chi connectivity index (χ0n) is 11.3. The Labute approximate surface area is 132 Å². The molecule has 3 rings (SSSR count). The minimum Gasteiger partial charge on any atom is -0.265 e. The van der Waals surface area contributed by atoms with E-state index in [0.29, 0.717) is 11.1 Å². The minimum atomic E-state index is -3.93. The molecule has 6 heteroatoms. The lowest BCUT2D eigenvalue weighted by molar-refractivity contribution is 0.610. The lowest BCUT2D eigenvalue weighted by Crippen LogP contribution is -1.98. The number of hydrogen-bond donors (Lipinski definition) is 0. The van der Waals surface area contributed by atoms with Crippen molar-refractivity contribution in [1.82, 2.24) is 9.97 Å². The van der Waals surface area contributed by atoms with Crippen molar-refractivity contribution < 1.29 is 8.42 Å². The van der Waals surface area contributed by atoms with Crippen LogP contribution in [0.4, 0.5) is 0 Å². The molecule has 0 saturated heterocycles. The molecule has 0 spiro atoms. The Morgan fingerprint density at radius 3 is 1.50 bits per heavy atom. The molecule has 0 saturated carbocycles. The van der Waals surface area contributed by atoms with Gasteiger partial charge in [0.1, 0.15) is 0 Å². The molecule has 3 aromatic rings. The van der Waals surface area contributed by atoms with Crippen molar-refractivity contribution in [2.45, 2.75) is 4.90 Å². The van der Waals surface area contributed by atoms with Gasteiger partial charge in [-0.25, -0.2) is 8.42 Å². The summed E-state index contributed by atoms with van der Waals surface area (Å²) in [6.45, 7) is 0. The molecule has 4 nitrogen and oxygen atoms in total. The minimum absolute atomic E-state index is 0.0917. The maximum absolute atomic E-state index is 12.2. The zero-order valence-corrected chi connectivity index (χ0v) is 12.9. The second-order valence-electron chi connectivity index (χ2n) is 4.59. The number of halogens is 1. The van der Waals surface area contributed by atoms with Crippen LogP contribution in [0.5, 0.6) is 0 Å². The van der Waals surface area contributed by atoms with Crippen LogP contribution in [-0.4, -0.2) is 18.4 Å². The van der Waals surface area contributed by atoms with Crippen molar-refractivity contribution in [2.24, 2.45) is 0 Å². The lowest BCUT2D eigenvalue weighted by Gasteiger charge is -2.12. The van der Waals surface area contributed by atoms with Gasteiger partial charge < -0.3 is 0 Å². The smallest absolute Gasteiger partial charge is 0.262 e. The van der Waals surface area contributed by atoms with E-state index in [1.807, 2.05) is 0 Å². The van der Waals surface area contributed by atoms with Gasteiger partial charge in [-0.15, -0.1) is 0 Å². The van der Waals surface area contributed by atoms with Gasteiger partial charge in [-0.05, 0) is 35.4 Å². The molecule has 0 radical (unpaired) electrons. The van der Waals surface area contributed by atoms with Crippen molar-refractivity contribution in [2.75, 3.05) is 0 Å². The average molecular weight is 331 g/mol. The lowest BCUT2D eigenvalue weighted by atomic mass is 10.00. The van der Waals surface area contributed by atoms with E-state index >= 15 is 0 Å². The first-order valence-electron chi connectivity index (χ1n) is 6.46. The third-order valence-corrected chi connectivity index (χ3v) is 4.63. The van der Waals surface area contributed by atoms with Gasteiger partial charge in [0.15, 0.2) is 0 Å². The number of aromatic nitrogens is 2. The number of rotatable bonds is 3. The molecule has 0 aliphatic heterocycles. The molecule has 110 valence electrons. The molecule has 2 heterocycles. The van der Waals surface area contributed by atoms with Crippen LogP contribution >= 0.6 is 10.7 Å². The maximum Gasteiger partial charge on any atom is 0.262 e. The third kappa shape index (κ3) is 2.86. The zero-order chi connectivity index (χ0) is 15.6. The molecule has 0 aliphatic carbocycles. The van der Waals surface area contributed by atoms with E-state index in [0.717, 1.165) is 11.1 Å². The standard InChI is InChI=1S/C16H11ClN2O2S/c17-22(20,21)16-14(12-4-8-18-9-5-12)2-1-3-15(16)13-6-10-19-11-7-13/h1-11H. The Morgan fingerprint density at radius 1 is 0.727 bits per heavy atom. The van der Waals surface area contributed by atoms with Gasteiger partial charge in [0.05, 0.1) is 4.90 Å². The Bertz CT molecular complexity index is 840. The fourth-order valence-corrected chi connectivity index (χ4v) is 3.71. The van der Waals surface area contributed by atoms with Crippen molar-refractivity contribution in [3.05, 3.63) is 67.3 Å². The highest BCUT2D eigenvalue weighted by Crippen LogP contribution is 2.37. The SMILES string of the molecule is O=S(=O)(Cl)c1c(-c2ccncc2)cccc1-c1ccncc1. The molecule has 0 aliphatic rings. The Balaban J connectivity index is 2.34. The highest BCUT2D eigenvalue weighted by atomic mass is 35.7. The number of pyridine rings is 2. The molecule has 0 unspecified atom stereocenters. The molecule has 0 atom stereocenters. The average Bonchev–Trinajstić information content (AvgIpc) is 2.55. The fraction of sp³-hybridized carbons (Fsp3) is 0. The quantitative estimate of drug-likeness (QED) is 0.686. The van der Waals surface area contributed by atoms with Crippen LogP contribution in [0.2, 0.25) is 0 Å². The van der Waals surface area contributed by atoms with Gasteiger partial charge in [-0.1, -0.05) is 18.2 Å². The summed E-state index contributed by atoms with van der Waals surface area (Å²) in [4.78, 5) is 8.00. The summed E-state index contributed by atoms with van der Waals surface area (Å²) in [5.74, 6) is 0. The second kappa shape index (κ2) is 5.87. The molecule has 0 bridgehead atoms. The molecule has 2 aromatic heterocycles. The van der Waals surface area contributed by atoms with Crippen LogP contribution in [0.25, 0.3) is 22.3 Å². The summed E-state index contributed by atoms with van der Waals surface area (Å²) in [7, 11) is 1.78. The van der Waals surface area contributed by atoms with E-state index in [-0.39, 0.29) is 4.90 Å². The van der Waals surface area contributed by atoms with Gasteiger partial charge in [0.2, 0.25) is 0 Å². The molecular weight excluding hydrogens is 320 g/mol. The van der Waals surface area contributed by atoms with Crippen molar-refractivity contribution in [1.29, 1.82) is 0 Å².